The maximum atomic E-state index is 12.1. The first kappa shape index (κ1) is 21.9. The SMILES string of the molecule is O=C(COc1cccc2ccccc12)NC(=S)NNC(=O)c1ccc(Cl)c([N+](=O)[O-])c1. The first-order valence-electron chi connectivity index (χ1n) is 8.80. The minimum atomic E-state index is -0.705. The van der Waals surface area contributed by atoms with Crippen molar-refractivity contribution >= 4 is 57.2 Å². The van der Waals surface area contributed by atoms with E-state index in [2.05, 4.69) is 16.2 Å². The summed E-state index contributed by atoms with van der Waals surface area (Å²) in [6.45, 7) is -0.298. The van der Waals surface area contributed by atoms with E-state index in [1.807, 2.05) is 36.4 Å². The van der Waals surface area contributed by atoms with E-state index >= 15 is 0 Å². The van der Waals surface area contributed by atoms with E-state index in [0.29, 0.717) is 5.75 Å². The minimum Gasteiger partial charge on any atom is -0.483 e. The number of carbonyl (C=O) groups is 2. The van der Waals surface area contributed by atoms with Gasteiger partial charge in [0.05, 0.1) is 4.92 Å². The molecule has 158 valence electrons. The van der Waals surface area contributed by atoms with Gasteiger partial charge in [0.15, 0.2) is 11.7 Å². The maximum absolute atomic E-state index is 12.1. The molecule has 2 amide bonds. The van der Waals surface area contributed by atoms with Crippen molar-refractivity contribution in [3.8, 4) is 5.75 Å². The number of nitro groups is 1. The van der Waals surface area contributed by atoms with Gasteiger partial charge in [-0.3, -0.25) is 35.9 Å². The lowest BCUT2D eigenvalue weighted by Gasteiger charge is -2.12. The van der Waals surface area contributed by atoms with Crippen LogP contribution in [0.2, 0.25) is 5.02 Å². The molecule has 0 fully saturated rings. The predicted octanol–water partition coefficient (Wildman–Crippen LogP) is 3.12. The van der Waals surface area contributed by atoms with Crippen LogP contribution in [0.15, 0.2) is 60.7 Å². The van der Waals surface area contributed by atoms with Crippen molar-refractivity contribution in [3.05, 3.63) is 81.4 Å². The number of hydrogen-bond donors (Lipinski definition) is 3. The van der Waals surface area contributed by atoms with Gasteiger partial charge in [-0.1, -0.05) is 48.0 Å². The molecule has 11 heteroatoms. The Balaban J connectivity index is 1.50. The van der Waals surface area contributed by atoms with Gasteiger partial charge >= 0.3 is 0 Å². The van der Waals surface area contributed by atoms with Gasteiger partial charge in [0.1, 0.15) is 10.8 Å². The quantitative estimate of drug-likeness (QED) is 0.305. The molecule has 31 heavy (non-hydrogen) atoms. The smallest absolute Gasteiger partial charge is 0.288 e. The zero-order chi connectivity index (χ0) is 22.4. The summed E-state index contributed by atoms with van der Waals surface area (Å²) in [5, 5.41) is 14.8. The van der Waals surface area contributed by atoms with Crippen molar-refractivity contribution < 1.29 is 19.2 Å². The van der Waals surface area contributed by atoms with E-state index in [-0.39, 0.29) is 22.3 Å². The monoisotopic (exact) mass is 458 g/mol. The number of thiocarbonyl (C=S) groups is 1. The van der Waals surface area contributed by atoms with Crippen LogP contribution < -0.4 is 20.9 Å². The number of nitro benzene ring substituents is 1. The second-order valence-electron chi connectivity index (χ2n) is 6.15. The number of ether oxygens (including phenoxy) is 1. The summed E-state index contributed by atoms with van der Waals surface area (Å²) in [6.07, 6.45) is 0. The highest BCUT2D eigenvalue weighted by molar-refractivity contribution is 7.80. The van der Waals surface area contributed by atoms with Crippen LogP contribution in [0.1, 0.15) is 10.4 Å². The van der Waals surface area contributed by atoms with Gasteiger partial charge in [-0.25, -0.2) is 0 Å². The van der Waals surface area contributed by atoms with Crippen LogP contribution in [0.25, 0.3) is 10.8 Å². The Morgan fingerprint density at radius 1 is 1.06 bits per heavy atom. The summed E-state index contributed by atoms with van der Waals surface area (Å²) in [5.41, 5.74) is 4.16. The molecule has 3 aromatic carbocycles. The largest absolute Gasteiger partial charge is 0.483 e. The van der Waals surface area contributed by atoms with E-state index in [9.17, 15) is 19.7 Å². The highest BCUT2D eigenvalue weighted by Crippen LogP contribution is 2.25. The van der Waals surface area contributed by atoms with Crippen molar-refractivity contribution in [3.63, 3.8) is 0 Å². The third-order valence-electron chi connectivity index (χ3n) is 4.06. The van der Waals surface area contributed by atoms with Gasteiger partial charge in [0, 0.05) is 17.0 Å². The van der Waals surface area contributed by atoms with E-state index < -0.39 is 22.4 Å². The van der Waals surface area contributed by atoms with Gasteiger partial charge < -0.3 is 4.74 Å². The molecular formula is C20H15ClN4O5S. The Bertz CT molecular complexity index is 1180. The van der Waals surface area contributed by atoms with Crippen LogP contribution in [0, 0.1) is 10.1 Å². The molecule has 3 rings (SSSR count). The number of hydrazine groups is 1. The van der Waals surface area contributed by atoms with Crippen molar-refractivity contribution in [2.24, 2.45) is 0 Å². The number of halogens is 1. The van der Waals surface area contributed by atoms with Gasteiger partial charge in [-0.05, 0) is 35.8 Å². The molecule has 0 aliphatic carbocycles. The molecule has 0 spiro atoms. The predicted molar refractivity (Wildman–Crippen MR) is 119 cm³/mol. The average Bonchev–Trinajstić information content (AvgIpc) is 2.76. The third-order valence-corrected chi connectivity index (χ3v) is 4.58. The zero-order valence-electron chi connectivity index (χ0n) is 15.8. The summed E-state index contributed by atoms with van der Waals surface area (Å²) >= 11 is 10.7. The standard InChI is InChI=1S/C20H15ClN4O5S/c21-15-9-8-13(10-16(15)25(28)29)19(27)23-24-20(31)22-18(26)11-30-17-7-3-5-12-4-1-2-6-14(12)17/h1-10H,11H2,(H,23,27)(H2,22,24,26,31). The molecule has 0 heterocycles. The molecule has 0 unspecified atom stereocenters. The van der Waals surface area contributed by atoms with Crippen LogP contribution in [-0.4, -0.2) is 28.5 Å². The molecule has 3 N–H and O–H groups in total. The van der Waals surface area contributed by atoms with Crippen LogP contribution in [-0.2, 0) is 4.79 Å². The number of fused-ring (bicyclic) bond motifs is 1. The Morgan fingerprint density at radius 2 is 1.81 bits per heavy atom. The second-order valence-corrected chi connectivity index (χ2v) is 6.96. The van der Waals surface area contributed by atoms with Gasteiger partial charge in [-0.15, -0.1) is 0 Å². The number of nitrogens with one attached hydrogen (secondary N) is 3. The number of carbonyl (C=O) groups excluding carboxylic acids is 2. The molecule has 0 aromatic heterocycles. The molecule has 0 aliphatic heterocycles. The van der Waals surface area contributed by atoms with E-state index in [4.69, 9.17) is 28.6 Å². The molecule has 0 saturated carbocycles. The fraction of sp³-hybridized carbons (Fsp3) is 0.0500. The van der Waals surface area contributed by atoms with Crippen LogP contribution in [0.5, 0.6) is 5.75 Å². The first-order valence-corrected chi connectivity index (χ1v) is 9.58. The van der Waals surface area contributed by atoms with Crippen LogP contribution >= 0.6 is 23.8 Å². The molecule has 0 aliphatic rings. The second kappa shape index (κ2) is 9.83. The fourth-order valence-corrected chi connectivity index (χ4v) is 2.99. The van der Waals surface area contributed by atoms with Crippen LogP contribution in [0.3, 0.4) is 0 Å². The summed E-state index contributed by atoms with van der Waals surface area (Å²) in [6, 6.07) is 16.6. The molecule has 0 bridgehead atoms. The van der Waals surface area contributed by atoms with E-state index in [1.54, 1.807) is 6.07 Å². The Hall–Kier alpha value is -3.76. The lowest BCUT2D eigenvalue weighted by Crippen LogP contribution is -2.49. The van der Waals surface area contributed by atoms with Crippen molar-refractivity contribution in [1.29, 1.82) is 0 Å². The normalized spacial score (nSPS) is 10.2. The minimum absolute atomic E-state index is 0.0167. The van der Waals surface area contributed by atoms with E-state index in [1.165, 1.54) is 12.1 Å². The van der Waals surface area contributed by atoms with Crippen molar-refractivity contribution in [2.75, 3.05) is 6.61 Å². The van der Waals surface area contributed by atoms with Crippen LogP contribution in [0.4, 0.5) is 5.69 Å². The van der Waals surface area contributed by atoms with Gasteiger partial charge in [0.25, 0.3) is 17.5 Å². The number of nitrogens with zero attached hydrogens (tertiary/aromatic N) is 1. The molecule has 0 atom stereocenters. The van der Waals surface area contributed by atoms with Crippen molar-refractivity contribution in [2.45, 2.75) is 0 Å². The average molecular weight is 459 g/mol. The number of amides is 2. The summed E-state index contributed by atoms with van der Waals surface area (Å²) in [7, 11) is 0. The molecule has 0 radical (unpaired) electrons. The topological polar surface area (TPSA) is 123 Å². The third kappa shape index (κ3) is 5.65. The first-order chi connectivity index (χ1) is 14.8. The molecule has 9 nitrogen and oxygen atoms in total. The number of hydrogen-bond acceptors (Lipinski definition) is 6. The molecule has 0 saturated heterocycles. The summed E-state index contributed by atoms with van der Waals surface area (Å²) in [4.78, 5) is 34.4. The lowest BCUT2D eigenvalue weighted by atomic mass is 10.1. The van der Waals surface area contributed by atoms with Crippen molar-refractivity contribution in [1.82, 2.24) is 16.2 Å². The number of benzene rings is 3. The highest BCUT2D eigenvalue weighted by Gasteiger charge is 2.16. The highest BCUT2D eigenvalue weighted by atomic mass is 35.5. The van der Waals surface area contributed by atoms with Gasteiger partial charge in [-0.2, -0.15) is 0 Å². The maximum Gasteiger partial charge on any atom is 0.288 e. The summed E-state index contributed by atoms with van der Waals surface area (Å²) in [5.74, 6) is -0.699. The molecular weight excluding hydrogens is 444 g/mol. The summed E-state index contributed by atoms with van der Waals surface area (Å²) < 4.78 is 5.56. The van der Waals surface area contributed by atoms with E-state index in [0.717, 1.165) is 16.8 Å². The Morgan fingerprint density at radius 3 is 2.58 bits per heavy atom. The zero-order valence-corrected chi connectivity index (χ0v) is 17.3. The van der Waals surface area contributed by atoms with Gasteiger partial charge in [0.2, 0.25) is 0 Å². The fourth-order valence-electron chi connectivity index (χ4n) is 2.64. The number of rotatable bonds is 5. The lowest BCUT2D eigenvalue weighted by molar-refractivity contribution is -0.384. The Kier molecular flexibility index (Phi) is 6.96. The Labute approximate surface area is 186 Å². The molecule has 3 aromatic rings.